The molecular formula is C15H16N2O2S. The molecule has 1 aromatic heterocycles. The number of carbonyl (C=O) groups excluding carboxylic acids is 1. The normalized spacial score (nSPS) is 10.1. The monoisotopic (exact) mass is 288 g/mol. The lowest BCUT2D eigenvalue weighted by atomic mass is 10.2. The SMILES string of the molecule is CCOC(=O)c1ccc(Nc2cccnc2SC)cc1. The van der Waals surface area contributed by atoms with E-state index in [9.17, 15) is 4.79 Å². The largest absolute Gasteiger partial charge is 0.462 e. The van der Waals surface area contributed by atoms with E-state index in [1.165, 1.54) is 0 Å². The van der Waals surface area contributed by atoms with E-state index in [0.29, 0.717) is 12.2 Å². The minimum Gasteiger partial charge on any atom is -0.462 e. The predicted molar refractivity (Wildman–Crippen MR) is 81.7 cm³/mol. The molecule has 0 unspecified atom stereocenters. The zero-order valence-corrected chi connectivity index (χ0v) is 12.2. The van der Waals surface area contributed by atoms with Gasteiger partial charge in [-0.3, -0.25) is 0 Å². The molecule has 0 saturated carbocycles. The van der Waals surface area contributed by atoms with Crippen LogP contribution in [0.1, 0.15) is 17.3 Å². The van der Waals surface area contributed by atoms with Crippen molar-refractivity contribution in [1.82, 2.24) is 4.98 Å². The topological polar surface area (TPSA) is 51.2 Å². The minimum atomic E-state index is -0.301. The van der Waals surface area contributed by atoms with Gasteiger partial charge in [-0.1, -0.05) is 0 Å². The van der Waals surface area contributed by atoms with Gasteiger partial charge in [0.15, 0.2) is 0 Å². The van der Waals surface area contributed by atoms with Crippen LogP contribution in [0.3, 0.4) is 0 Å². The maximum Gasteiger partial charge on any atom is 0.338 e. The molecule has 0 radical (unpaired) electrons. The molecule has 104 valence electrons. The third-order valence-corrected chi connectivity index (χ3v) is 3.35. The molecule has 5 heteroatoms. The summed E-state index contributed by atoms with van der Waals surface area (Å²) in [5.74, 6) is -0.301. The first-order valence-corrected chi connectivity index (χ1v) is 7.50. The van der Waals surface area contributed by atoms with Gasteiger partial charge in [-0.25, -0.2) is 9.78 Å². The quantitative estimate of drug-likeness (QED) is 0.671. The van der Waals surface area contributed by atoms with Gasteiger partial charge in [0.1, 0.15) is 5.03 Å². The van der Waals surface area contributed by atoms with Crippen LogP contribution in [0.2, 0.25) is 0 Å². The molecule has 0 fully saturated rings. The molecule has 0 atom stereocenters. The maximum absolute atomic E-state index is 11.6. The number of aromatic nitrogens is 1. The molecule has 1 heterocycles. The van der Waals surface area contributed by atoms with Crippen LogP contribution in [0.25, 0.3) is 0 Å². The van der Waals surface area contributed by atoms with Crippen LogP contribution in [0.4, 0.5) is 11.4 Å². The van der Waals surface area contributed by atoms with E-state index >= 15 is 0 Å². The summed E-state index contributed by atoms with van der Waals surface area (Å²) in [5.41, 5.74) is 2.40. The fourth-order valence-electron chi connectivity index (χ4n) is 1.71. The van der Waals surface area contributed by atoms with Gasteiger partial charge in [0.2, 0.25) is 0 Å². The number of ether oxygens (including phenoxy) is 1. The lowest BCUT2D eigenvalue weighted by Gasteiger charge is -2.10. The van der Waals surface area contributed by atoms with E-state index in [1.54, 1.807) is 37.0 Å². The van der Waals surface area contributed by atoms with E-state index in [1.807, 2.05) is 30.5 Å². The van der Waals surface area contributed by atoms with Crippen molar-refractivity contribution in [1.29, 1.82) is 0 Å². The second kappa shape index (κ2) is 6.96. The van der Waals surface area contributed by atoms with E-state index in [0.717, 1.165) is 16.4 Å². The molecule has 2 aromatic rings. The van der Waals surface area contributed by atoms with Gasteiger partial charge >= 0.3 is 5.97 Å². The smallest absolute Gasteiger partial charge is 0.338 e. The Labute approximate surface area is 122 Å². The van der Waals surface area contributed by atoms with Crippen molar-refractivity contribution in [3.8, 4) is 0 Å². The van der Waals surface area contributed by atoms with E-state index < -0.39 is 0 Å². The number of pyridine rings is 1. The molecular weight excluding hydrogens is 272 g/mol. The van der Waals surface area contributed by atoms with Crippen LogP contribution in [0, 0.1) is 0 Å². The van der Waals surface area contributed by atoms with Gasteiger partial charge in [0, 0.05) is 11.9 Å². The summed E-state index contributed by atoms with van der Waals surface area (Å²) >= 11 is 1.58. The highest BCUT2D eigenvalue weighted by Crippen LogP contribution is 2.25. The van der Waals surface area contributed by atoms with Crippen molar-refractivity contribution in [3.05, 3.63) is 48.2 Å². The number of thioether (sulfide) groups is 1. The van der Waals surface area contributed by atoms with Crippen LogP contribution in [0.15, 0.2) is 47.6 Å². The fourth-order valence-corrected chi connectivity index (χ4v) is 2.21. The number of rotatable bonds is 5. The fraction of sp³-hybridized carbons (Fsp3) is 0.200. The van der Waals surface area contributed by atoms with Crippen molar-refractivity contribution in [2.45, 2.75) is 11.9 Å². The summed E-state index contributed by atoms with van der Waals surface area (Å²) in [5, 5.41) is 4.22. The van der Waals surface area contributed by atoms with Crippen molar-refractivity contribution in [2.75, 3.05) is 18.2 Å². The number of anilines is 2. The van der Waals surface area contributed by atoms with E-state index in [2.05, 4.69) is 10.3 Å². The molecule has 20 heavy (non-hydrogen) atoms. The highest BCUT2D eigenvalue weighted by atomic mass is 32.2. The molecule has 4 nitrogen and oxygen atoms in total. The predicted octanol–water partition coefficient (Wildman–Crippen LogP) is 3.72. The third-order valence-electron chi connectivity index (χ3n) is 2.64. The summed E-state index contributed by atoms with van der Waals surface area (Å²) < 4.78 is 4.95. The first-order valence-electron chi connectivity index (χ1n) is 6.27. The Balaban J connectivity index is 2.13. The Hall–Kier alpha value is -2.01. The second-order valence-corrected chi connectivity index (χ2v) is 4.78. The maximum atomic E-state index is 11.6. The Morgan fingerprint density at radius 1 is 1.30 bits per heavy atom. The van der Waals surface area contributed by atoms with Crippen LogP contribution in [0.5, 0.6) is 0 Å². The van der Waals surface area contributed by atoms with Gasteiger partial charge < -0.3 is 10.1 Å². The highest BCUT2D eigenvalue weighted by molar-refractivity contribution is 7.98. The van der Waals surface area contributed by atoms with Gasteiger partial charge in [-0.15, -0.1) is 11.8 Å². The second-order valence-electron chi connectivity index (χ2n) is 3.98. The molecule has 0 aliphatic heterocycles. The van der Waals surface area contributed by atoms with Crippen molar-refractivity contribution >= 4 is 29.1 Å². The van der Waals surface area contributed by atoms with Crippen molar-refractivity contribution < 1.29 is 9.53 Å². The first-order chi connectivity index (χ1) is 9.74. The van der Waals surface area contributed by atoms with E-state index in [-0.39, 0.29) is 5.97 Å². The highest BCUT2D eigenvalue weighted by Gasteiger charge is 2.06. The number of hydrogen-bond donors (Lipinski definition) is 1. The summed E-state index contributed by atoms with van der Waals surface area (Å²) in [6.07, 6.45) is 3.75. The number of benzene rings is 1. The van der Waals surface area contributed by atoms with Crippen LogP contribution >= 0.6 is 11.8 Å². The number of carbonyl (C=O) groups is 1. The standard InChI is InChI=1S/C15H16N2O2S/c1-3-19-15(18)11-6-8-12(9-7-11)17-13-5-4-10-16-14(13)20-2/h4-10,17H,3H2,1-2H3. The number of nitrogens with one attached hydrogen (secondary N) is 1. The molecule has 1 N–H and O–H groups in total. The van der Waals surface area contributed by atoms with Gasteiger partial charge in [-0.2, -0.15) is 0 Å². The summed E-state index contributed by atoms with van der Waals surface area (Å²) in [4.78, 5) is 15.8. The molecule has 0 bridgehead atoms. The zero-order chi connectivity index (χ0) is 14.4. The van der Waals surface area contributed by atoms with Gasteiger partial charge in [0.05, 0.1) is 17.9 Å². The average Bonchev–Trinajstić information content (AvgIpc) is 2.49. The van der Waals surface area contributed by atoms with Crippen LogP contribution in [-0.2, 0) is 4.74 Å². The van der Waals surface area contributed by atoms with Crippen molar-refractivity contribution in [3.63, 3.8) is 0 Å². The van der Waals surface area contributed by atoms with E-state index in [4.69, 9.17) is 4.74 Å². The molecule has 2 rings (SSSR count). The Morgan fingerprint density at radius 2 is 2.05 bits per heavy atom. The molecule has 0 amide bonds. The van der Waals surface area contributed by atoms with Gasteiger partial charge in [-0.05, 0) is 49.6 Å². The molecule has 0 aliphatic rings. The first kappa shape index (κ1) is 14.4. The minimum absolute atomic E-state index is 0.301. The van der Waals surface area contributed by atoms with Gasteiger partial charge in [0.25, 0.3) is 0 Å². The van der Waals surface area contributed by atoms with Crippen molar-refractivity contribution in [2.24, 2.45) is 0 Å². The van der Waals surface area contributed by atoms with Crippen LogP contribution < -0.4 is 5.32 Å². The summed E-state index contributed by atoms with van der Waals surface area (Å²) in [7, 11) is 0. The molecule has 0 aliphatic carbocycles. The lowest BCUT2D eigenvalue weighted by Crippen LogP contribution is -2.04. The number of esters is 1. The summed E-state index contributed by atoms with van der Waals surface area (Å²) in [6, 6.07) is 11.0. The average molecular weight is 288 g/mol. The Kier molecular flexibility index (Phi) is 5.01. The Morgan fingerprint density at radius 3 is 2.70 bits per heavy atom. The molecule has 0 spiro atoms. The zero-order valence-electron chi connectivity index (χ0n) is 11.4. The summed E-state index contributed by atoms with van der Waals surface area (Å²) in [6.45, 7) is 2.17. The lowest BCUT2D eigenvalue weighted by molar-refractivity contribution is 0.0526. The number of nitrogens with zero attached hydrogens (tertiary/aromatic N) is 1. The number of hydrogen-bond acceptors (Lipinski definition) is 5. The molecule has 1 aromatic carbocycles. The Bertz CT molecular complexity index is 585. The van der Waals surface area contributed by atoms with Crippen LogP contribution in [-0.4, -0.2) is 23.8 Å². The molecule has 0 saturated heterocycles. The third kappa shape index (κ3) is 3.51.